The molecule has 0 aliphatic carbocycles. The quantitative estimate of drug-likeness (QED) is 0.873. The van der Waals surface area contributed by atoms with Gasteiger partial charge in [0.15, 0.2) is 0 Å². The minimum Gasteiger partial charge on any atom is -0.478 e. The van der Waals surface area contributed by atoms with E-state index in [-0.39, 0.29) is 11.3 Å². The van der Waals surface area contributed by atoms with Crippen LogP contribution in [0.5, 0.6) is 0 Å². The van der Waals surface area contributed by atoms with E-state index < -0.39 is 17.6 Å². The van der Waals surface area contributed by atoms with Crippen molar-refractivity contribution in [3.8, 4) is 0 Å². The van der Waals surface area contributed by atoms with E-state index in [1.165, 1.54) is 24.4 Å². The first kappa shape index (κ1) is 13.5. The van der Waals surface area contributed by atoms with Crippen molar-refractivity contribution in [1.29, 1.82) is 0 Å². The van der Waals surface area contributed by atoms with Crippen molar-refractivity contribution in [3.63, 3.8) is 0 Å². The summed E-state index contributed by atoms with van der Waals surface area (Å²) in [5.41, 5.74) is 0.364. The summed E-state index contributed by atoms with van der Waals surface area (Å²) < 4.78 is 26.2. The van der Waals surface area contributed by atoms with Gasteiger partial charge in [0.1, 0.15) is 16.7 Å². The van der Waals surface area contributed by atoms with Crippen molar-refractivity contribution in [2.24, 2.45) is 0 Å². The van der Waals surface area contributed by atoms with E-state index in [1.54, 1.807) is 0 Å². The van der Waals surface area contributed by atoms with E-state index in [0.717, 1.165) is 23.9 Å². The Hall–Kier alpha value is -1.95. The monoisotopic (exact) mass is 281 g/mol. The summed E-state index contributed by atoms with van der Waals surface area (Å²) in [6, 6.07) is 6.24. The number of aromatic nitrogens is 1. The number of hydrogen-bond acceptors (Lipinski definition) is 3. The van der Waals surface area contributed by atoms with Gasteiger partial charge >= 0.3 is 5.97 Å². The highest BCUT2D eigenvalue weighted by atomic mass is 32.2. The summed E-state index contributed by atoms with van der Waals surface area (Å²) >= 11 is 1.09. The fourth-order valence-electron chi connectivity index (χ4n) is 1.45. The molecular formula is C13H9F2NO2S. The van der Waals surface area contributed by atoms with Gasteiger partial charge in [0.2, 0.25) is 0 Å². The van der Waals surface area contributed by atoms with Crippen molar-refractivity contribution in [2.75, 3.05) is 0 Å². The highest BCUT2D eigenvalue weighted by Crippen LogP contribution is 2.25. The molecule has 1 aromatic carbocycles. The molecule has 0 radical (unpaired) electrons. The number of nitrogens with zero attached hydrogens (tertiary/aromatic N) is 1. The molecule has 1 heterocycles. The van der Waals surface area contributed by atoms with E-state index in [9.17, 15) is 13.6 Å². The van der Waals surface area contributed by atoms with Crippen molar-refractivity contribution < 1.29 is 18.7 Å². The molecular weight excluding hydrogens is 272 g/mol. The van der Waals surface area contributed by atoms with E-state index in [4.69, 9.17) is 5.11 Å². The van der Waals surface area contributed by atoms with Crippen molar-refractivity contribution >= 4 is 17.7 Å². The first-order chi connectivity index (χ1) is 9.08. The van der Waals surface area contributed by atoms with Crippen LogP contribution in [0.4, 0.5) is 8.78 Å². The fourth-order valence-corrected chi connectivity index (χ4v) is 2.43. The molecule has 1 aromatic heterocycles. The second kappa shape index (κ2) is 5.79. The number of rotatable bonds is 4. The van der Waals surface area contributed by atoms with Crippen LogP contribution in [0.3, 0.4) is 0 Å². The zero-order valence-corrected chi connectivity index (χ0v) is 10.5. The zero-order chi connectivity index (χ0) is 13.8. The number of aromatic carboxylic acids is 1. The predicted molar refractivity (Wildman–Crippen MR) is 67.1 cm³/mol. The molecule has 6 heteroatoms. The molecule has 0 bridgehead atoms. The Morgan fingerprint density at radius 2 is 2.11 bits per heavy atom. The standard InChI is InChI=1S/C13H9F2NO2S/c14-9-4-3-8(11(15)6-9)7-19-12-10(13(17)18)2-1-5-16-12/h1-6H,7H2,(H,17,18). The normalized spacial score (nSPS) is 10.4. The molecule has 2 rings (SSSR count). The highest BCUT2D eigenvalue weighted by Gasteiger charge is 2.12. The minimum atomic E-state index is -1.09. The van der Waals surface area contributed by atoms with Crippen LogP contribution in [-0.4, -0.2) is 16.1 Å². The largest absolute Gasteiger partial charge is 0.478 e. The van der Waals surface area contributed by atoms with Crippen LogP contribution in [0.15, 0.2) is 41.6 Å². The number of benzene rings is 1. The average Bonchev–Trinajstić information content (AvgIpc) is 2.38. The Balaban J connectivity index is 2.17. The molecule has 0 saturated carbocycles. The molecule has 0 atom stereocenters. The van der Waals surface area contributed by atoms with Gasteiger partial charge in [-0.05, 0) is 23.8 Å². The van der Waals surface area contributed by atoms with Crippen LogP contribution in [0.1, 0.15) is 15.9 Å². The average molecular weight is 281 g/mol. The summed E-state index contributed by atoms with van der Waals surface area (Å²) in [4.78, 5) is 14.9. The van der Waals surface area contributed by atoms with E-state index in [2.05, 4.69) is 4.98 Å². The lowest BCUT2D eigenvalue weighted by Gasteiger charge is -2.05. The second-order valence-corrected chi connectivity index (χ2v) is 4.65. The number of pyridine rings is 1. The zero-order valence-electron chi connectivity index (χ0n) is 9.64. The molecule has 1 N–H and O–H groups in total. The molecule has 2 aromatic rings. The maximum absolute atomic E-state index is 13.4. The smallest absolute Gasteiger partial charge is 0.338 e. The Bertz CT molecular complexity index is 619. The lowest BCUT2D eigenvalue weighted by atomic mass is 10.2. The van der Waals surface area contributed by atoms with Gasteiger partial charge in [-0.25, -0.2) is 18.6 Å². The van der Waals surface area contributed by atoms with Gasteiger partial charge in [-0.2, -0.15) is 0 Å². The number of carboxylic acids is 1. The molecule has 0 spiro atoms. The minimum absolute atomic E-state index is 0.0648. The Morgan fingerprint density at radius 1 is 1.32 bits per heavy atom. The highest BCUT2D eigenvalue weighted by molar-refractivity contribution is 7.98. The van der Waals surface area contributed by atoms with Gasteiger partial charge in [0.05, 0.1) is 5.56 Å². The molecule has 19 heavy (non-hydrogen) atoms. The predicted octanol–water partition coefficient (Wildman–Crippen LogP) is 3.35. The Labute approximate surface area is 112 Å². The summed E-state index contributed by atoms with van der Waals surface area (Å²) in [5.74, 6) is -2.20. The van der Waals surface area contributed by atoms with Crippen LogP contribution in [-0.2, 0) is 5.75 Å². The number of hydrogen-bond donors (Lipinski definition) is 1. The molecule has 98 valence electrons. The maximum Gasteiger partial charge on any atom is 0.338 e. The molecule has 0 fully saturated rings. The van der Waals surface area contributed by atoms with Crippen molar-refractivity contribution in [2.45, 2.75) is 10.8 Å². The third-order valence-corrected chi connectivity index (χ3v) is 3.44. The summed E-state index contributed by atoms with van der Waals surface area (Å²) in [6.07, 6.45) is 1.47. The first-order valence-electron chi connectivity index (χ1n) is 5.33. The summed E-state index contributed by atoms with van der Waals surface area (Å²) in [6.45, 7) is 0. The number of carboxylic acid groups (broad SMARTS) is 1. The van der Waals surface area contributed by atoms with Crippen molar-refractivity contribution in [1.82, 2.24) is 4.98 Å². The van der Waals surface area contributed by atoms with Crippen LogP contribution >= 0.6 is 11.8 Å². The number of carbonyl (C=O) groups is 1. The molecule has 3 nitrogen and oxygen atoms in total. The molecule has 0 aliphatic heterocycles. The molecule has 0 unspecified atom stereocenters. The van der Waals surface area contributed by atoms with Crippen LogP contribution in [0, 0.1) is 11.6 Å². The van der Waals surface area contributed by atoms with Gasteiger partial charge in [0, 0.05) is 18.0 Å². The van der Waals surface area contributed by atoms with Crippen molar-refractivity contribution in [3.05, 3.63) is 59.3 Å². The molecule has 0 amide bonds. The summed E-state index contributed by atoms with van der Waals surface area (Å²) in [5, 5.41) is 9.28. The second-order valence-electron chi connectivity index (χ2n) is 3.69. The summed E-state index contributed by atoms with van der Waals surface area (Å²) in [7, 11) is 0. The Kier molecular flexibility index (Phi) is 4.11. The first-order valence-corrected chi connectivity index (χ1v) is 6.31. The maximum atomic E-state index is 13.4. The van der Waals surface area contributed by atoms with E-state index in [0.29, 0.717) is 10.6 Å². The van der Waals surface area contributed by atoms with Gasteiger partial charge < -0.3 is 5.11 Å². The van der Waals surface area contributed by atoms with Gasteiger partial charge in [0.25, 0.3) is 0 Å². The number of halogens is 2. The van der Waals surface area contributed by atoms with Crippen LogP contribution < -0.4 is 0 Å². The third kappa shape index (κ3) is 3.29. The SMILES string of the molecule is O=C(O)c1cccnc1SCc1ccc(F)cc1F. The third-order valence-electron chi connectivity index (χ3n) is 2.38. The van der Waals surface area contributed by atoms with Crippen LogP contribution in [0.25, 0.3) is 0 Å². The number of thioether (sulfide) groups is 1. The van der Waals surface area contributed by atoms with Gasteiger partial charge in [-0.3, -0.25) is 0 Å². The van der Waals surface area contributed by atoms with Gasteiger partial charge in [-0.15, -0.1) is 11.8 Å². The lowest BCUT2D eigenvalue weighted by molar-refractivity contribution is 0.0692. The van der Waals surface area contributed by atoms with E-state index in [1.807, 2.05) is 0 Å². The molecule has 0 aliphatic rings. The molecule has 0 saturated heterocycles. The topological polar surface area (TPSA) is 50.2 Å². The Morgan fingerprint density at radius 3 is 2.79 bits per heavy atom. The van der Waals surface area contributed by atoms with E-state index >= 15 is 0 Å². The van der Waals surface area contributed by atoms with Crippen LogP contribution in [0.2, 0.25) is 0 Å². The van der Waals surface area contributed by atoms with Gasteiger partial charge in [-0.1, -0.05) is 6.07 Å². The fraction of sp³-hybridized carbons (Fsp3) is 0.0769. The lowest BCUT2D eigenvalue weighted by Crippen LogP contribution is -2.00.